The molecule has 2 nitrogen and oxygen atoms in total. The van der Waals surface area contributed by atoms with Crippen molar-refractivity contribution in [2.45, 2.75) is 6.92 Å². The number of halogens is 3. The fraction of sp³-hybridized carbons (Fsp3) is 0.133. The zero-order valence-electron chi connectivity index (χ0n) is 10.7. The van der Waals surface area contributed by atoms with Crippen LogP contribution in [0.1, 0.15) is 12.5 Å². The Morgan fingerprint density at radius 3 is 2.35 bits per heavy atom. The van der Waals surface area contributed by atoms with Gasteiger partial charge in [0, 0.05) is 11.6 Å². The molecule has 2 aromatic rings. The molecule has 0 fully saturated rings. The Kier molecular flexibility index (Phi) is 4.40. The highest BCUT2D eigenvalue weighted by Crippen LogP contribution is 2.25. The summed E-state index contributed by atoms with van der Waals surface area (Å²) in [6.07, 6.45) is 1.36. The lowest BCUT2D eigenvalue weighted by Crippen LogP contribution is -1.91. The Hall–Kier alpha value is -2.30. The highest BCUT2D eigenvalue weighted by Gasteiger charge is 2.08. The summed E-state index contributed by atoms with van der Waals surface area (Å²) in [5, 5.41) is 3.62. The second-order valence-electron chi connectivity index (χ2n) is 4.05. The molecule has 0 unspecified atom stereocenters. The van der Waals surface area contributed by atoms with Crippen molar-refractivity contribution in [3.8, 4) is 11.1 Å². The summed E-state index contributed by atoms with van der Waals surface area (Å²) >= 11 is 0. The van der Waals surface area contributed by atoms with E-state index in [1.165, 1.54) is 18.3 Å². The monoisotopic (exact) mass is 279 g/mol. The molecule has 20 heavy (non-hydrogen) atoms. The number of rotatable bonds is 4. The van der Waals surface area contributed by atoms with Crippen LogP contribution in [-0.2, 0) is 4.84 Å². The van der Waals surface area contributed by atoms with E-state index in [2.05, 4.69) is 5.16 Å². The second-order valence-corrected chi connectivity index (χ2v) is 4.05. The molecule has 0 aliphatic rings. The number of nitrogens with zero attached hydrogens (tertiary/aromatic N) is 1. The quantitative estimate of drug-likeness (QED) is 0.609. The van der Waals surface area contributed by atoms with Crippen molar-refractivity contribution < 1.29 is 18.0 Å². The number of benzene rings is 2. The van der Waals surface area contributed by atoms with Crippen molar-refractivity contribution >= 4 is 6.21 Å². The number of hydrogen-bond donors (Lipinski definition) is 0. The Labute approximate surface area is 114 Å². The first-order valence-corrected chi connectivity index (χ1v) is 6.01. The molecule has 0 radical (unpaired) electrons. The molecule has 0 saturated carbocycles. The molecule has 2 aromatic carbocycles. The van der Waals surface area contributed by atoms with Crippen LogP contribution in [0.4, 0.5) is 13.2 Å². The van der Waals surface area contributed by atoms with Crippen LogP contribution < -0.4 is 0 Å². The summed E-state index contributed by atoms with van der Waals surface area (Å²) in [6, 6.07) is 7.15. The first-order valence-electron chi connectivity index (χ1n) is 6.01. The van der Waals surface area contributed by atoms with E-state index >= 15 is 0 Å². The fourth-order valence-electron chi connectivity index (χ4n) is 1.73. The highest BCUT2D eigenvalue weighted by atomic mass is 19.1. The van der Waals surface area contributed by atoms with Gasteiger partial charge in [0.15, 0.2) is 0 Å². The molecule has 0 spiro atoms. The van der Waals surface area contributed by atoms with Crippen LogP contribution in [0.3, 0.4) is 0 Å². The normalized spacial score (nSPS) is 11.0. The first-order chi connectivity index (χ1) is 9.60. The average molecular weight is 279 g/mol. The van der Waals surface area contributed by atoms with E-state index < -0.39 is 17.5 Å². The lowest BCUT2D eigenvalue weighted by molar-refractivity contribution is 0.160. The fourth-order valence-corrected chi connectivity index (χ4v) is 1.73. The summed E-state index contributed by atoms with van der Waals surface area (Å²) < 4.78 is 40.2. The van der Waals surface area contributed by atoms with Gasteiger partial charge in [-0.15, -0.1) is 0 Å². The summed E-state index contributed by atoms with van der Waals surface area (Å²) in [7, 11) is 0. The van der Waals surface area contributed by atoms with E-state index in [1.54, 1.807) is 13.0 Å². The van der Waals surface area contributed by atoms with Gasteiger partial charge in [-0.25, -0.2) is 13.2 Å². The first kappa shape index (κ1) is 14.1. The molecule has 0 saturated heterocycles. The maximum Gasteiger partial charge on any atom is 0.131 e. The predicted octanol–water partition coefficient (Wildman–Crippen LogP) is 4.14. The Bertz CT molecular complexity index is 621. The van der Waals surface area contributed by atoms with Crippen molar-refractivity contribution in [2.75, 3.05) is 6.61 Å². The standard InChI is InChI=1S/C15H12F3NO/c1-2-20-19-9-10-3-4-14(15(18)5-10)11-6-12(16)8-13(17)7-11/h3-9H,2H2,1H3. The van der Waals surface area contributed by atoms with Crippen LogP contribution in [0.25, 0.3) is 11.1 Å². The van der Waals surface area contributed by atoms with Gasteiger partial charge >= 0.3 is 0 Å². The van der Waals surface area contributed by atoms with Crippen molar-refractivity contribution in [1.29, 1.82) is 0 Å². The van der Waals surface area contributed by atoms with Crippen LogP contribution in [-0.4, -0.2) is 12.8 Å². The summed E-state index contributed by atoms with van der Waals surface area (Å²) in [6.45, 7) is 2.19. The Balaban J connectivity index is 2.34. The minimum Gasteiger partial charge on any atom is -0.396 e. The van der Waals surface area contributed by atoms with Crippen molar-refractivity contribution in [3.05, 3.63) is 59.4 Å². The van der Waals surface area contributed by atoms with Crippen LogP contribution in [0, 0.1) is 17.5 Å². The lowest BCUT2D eigenvalue weighted by Gasteiger charge is -2.05. The zero-order valence-corrected chi connectivity index (χ0v) is 10.7. The van der Waals surface area contributed by atoms with E-state index in [1.807, 2.05) is 0 Å². The molecule has 2 rings (SSSR count). The molecule has 0 aliphatic carbocycles. The SMILES string of the molecule is CCON=Cc1ccc(-c2cc(F)cc(F)c2)c(F)c1. The second kappa shape index (κ2) is 6.23. The third-order valence-electron chi connectivity index (χ3n) is 2.57. The smallest absolute Gasteiger partial charge is 0.131 e. The summed E-state index contributed by atoms with van der Waals surface area (Å²) in [5.41, 5.74) is 0.766. The van der Waals surface area contributed by atoms with Crippen molar-refractivity contribution in [1.82, 2.24) is 0 Å². The van der Waals surface area contributed by atoms with Gasteiger partial charge in [-0.05, 0) is 36.2 Å². The Morgan fingerprint density at radius 2 is 1.75 bits per heavy atom. The number of oxime groups is 1. The molecule has 0 amide bonds. The molecule has 0 aliphatic heterocycles. The molecule has 5 heteroatoms. The van der Waals surface area contributed by atoms with Gasteiger partial charge < -0.3 is 4.84 Å². The van der Waals surface area contributed by atoms with Gasteiger partial charge in [0.2, 0.25) is 0 Å². The van der Waals surface area contributed by atoms with E-state index in [9.17, 15) is 13.2 Å². The summed E-state index contributed by atoms with van der Waals surface area (Å²) in [4.78, 5) is 4.77. The minimum absolute atomic E-state index is 0.122. The third kappa shape index (κ3) is 3.38. The minimum atomic E-state index is -0.749. The van der Waals surface area contributed by atoms with E-state index in [0.717, 1.165) is 18.2 Å². The topological polar surface area (TPSA) is 21.6 Å². The third-order valence-corrected chi connectivity index (χ3v) is 2.57. The van der Waals surface area contributed by atoms with Crippen LogP contribution >= 0.6 is 0 Å². The average Bonchev–Trinajstić information content (AvgIpc) is 2.38. The van der Waals surface area contributed by atoms with Crippen molar-refractivity contribution in [2.24, 2.45) is 5.16 Å². The maximum absolute atomic E-state index is 14.0. The van der Waals surface area contributed by atoms with Gasteiger partial charge in [0.25, 0.3) is 0 Å². The molecule has 0 atom stereocenters. The van der Waals surface area contributed by atoms with Crippen LogP contribution in [0.15, 0.2) is 41.6 Å². The molecule has 0 N–H and O–H groups in total. The Morgan fingerprint density at radius 1 is 1.05 bits per heavy atom. The number of hydrogen-bond acceptors (Lipinski definition) is 2. The van der Waals surface area contributed by atoms with Crippen molar-refractivity contribution in [3.63, 3.8) is 0 Å². The van der Waals surface area contributed by atoms with Gasteiger partial charge in [0.05, 0.1) is 6.21 Å². The van der Waals surface area contributed by atoms with Gasteiger partial charge in [-0.3, -0.25) is 0 Å². The van der Waals surface area contributed by atoms with Crippen LogP contribution in [0.5, 0.6) is 0 Å². The molecule has 104 valence electrons. The molecule has 0 heterocycles. The van der Waals surface area contributed by atoms with Gasteiger partial charge in [0.1, 0.15) is 24.1 Å². The molecular formula is C15H12F3NO. The zero-order chi connectivity index (χ0) is 14.5. The molecular weight excluding hydrogens is 267 g/mol. The molecule has 0 aromatic heterocycles. The van der Waals surface area contributed by atoms with Gasteiger partial charge in [-0.2, -0.15) is 0 Å². The highest BCUT2D eigenvalue weighted by molar-refractivity contribution is 5.80. The lowest BCUT2D eigenvalue weighted by atomic mass is 10.0. The van der Waals surface area contributed by atoms with E-state index in [-0.39, 0.29) is 11.1 Å². The maximum atomic E-state index is 14.0. The molecule has 0 bridgehead atoms. The largest absolute Gasteiger partial charge is 0.396 e. The summed E-state index contributed by atoms with van der Waals surface area (Å²) in [5.74, 6) is -2.08. The van der Waals surface area contributed by atoms with Gasteiger partial charge in [-0.1, -0.05) is 17.3 Å². The van der Waals surface area contributed by atoms with E-state index in [0.29, 0.717) is 12.2 Å². The van der Waals surface area contributed by atoms with E-state index in [4.69, 9.17) is 4.84 Å². The predicted molar refractivity (Wildman–Crippen MR) is 71.0 cm³/mol. The van der Waals surface area contributed by atoms with Crippen LogP contribution in [0.2, 0.25) is 0 Å².